The number of carboxylic acid groups (broad SMARTS) is 1. The molecule has 0 spiro atoms. The first-order chi connectivity index (χ1) is 30.3. The summed E-state index contributed by atoms with van der Waals surface area (Å²) in [6, 6.07) is 14.5. The topological polar surface area (TPSA) is 211 Å². The van der Waals surface area contributed by atoms with Crippen LogP contribution in [0.1, 0.15) is 120 Å². The fourth-order valence-corrected chi connectivity index (χ4v) is 9.74. The Morgan fingerprint density at radius 1 is 0.746 bits per heavy atom. The molecule has 0 unspecified atom stereocenters. The molecule has 3 fully saturated rings. The van der Waals surface area contributed by atoms with E-state index in [4.69, 9.17) is 19.4 Å². The number of nitrogens with zero attached hydrogens (tertiary/aromatic N) is 6. The number of hydrogen-bond acceptors (Lipinski definition) is 10. The van der Waals surface area contributed by atoms with Gasteiger partial charge in [0.1, 0.15) is 23.7 Å². The average molecular weight is 863 g/mol. The highest BCUT2D eigenvalue weighted by atomic mass is 16.5. The fourth-order valence-electron chi connectivity index (χ4n) is 9.74. The van der Waals surface area contributed by atoms with Crippen molar-refractivity contribution in [1.29, 1.82) is 0 Å². The minimum Gasteiger partial charge on any atom is -0.478 e. The number of anilines is 1. The summed E-state index contributed by atoms with van der Waals surface area (Å²) in [6.45, 7) is 11.0. The molecule has 5 aromatic rings. The van der Waals surface area contributed by atoms with Gasteiger partial charge >= 0.3 is 12.2 Å². The van der Waals surface area contributed by atoms with Gasteiger partial charge in [0.15, 0.2) is 0 Å². The monoisotopic (exact) mass is 862 g/mol. The highest BCUT2D eigenvalue weighted by molar-refractivity contribution is 5.87. The van der Waals surface area contributed by atoms with Gasteiger partial charge in [0.25, 0.3) is 0 Å². The van der Waals surface area contributed by atoms with E-state index in [0.29, 0.717) is 31.4 Å². The summed E-state index contributed by atoms with van der Waals surface area (Å²) >= 11 is 0. The number of likely N-dealkylation sites (tertiary alicyclic amines) is 2. The number of rotatable bonds is 13. The van der Waals surface area contributed by atoms with E-state index in [1.54, 1.807) is 4.90 Å². The minimum absolute atomic E-state index is 0.00829. The maximum absolute atomic E-state index is 13.8. The summed E-state index contributed by atoms with van der Waals surface area (Å²) in [5.41, 5.74) is 6.53. The molecular formula is C46H58N10O7. The first-order valence-corrected chi connectivity index (χ1v) is 22.2. The number of aromatic nitrogens is 5. The van der Waals surface area contributed by atoms with Crippen molar-refractivity contribution in [1.82, 2.24) is 45.4 Å². The van der Waals surface area contributed by atoms with E-state index in [1.165, 1.54) is 7.11 Å². The molecule has 3 aliphatic rings. The first kappa shape index (κ1) is 43.3. The maximum Gasteiger partial charge on any atom is 0.407 e. The van der Waals surface area contributed by atoms with Crippen molar-refractivity contribution in [3.05, 3.63) is 77.5 Å². The van der Waals surface area contributed by atoms with Crippen LogP contribution in [0.5, 0.6) is 5.88 Å². The number of aromatic amines is 2. The van der Waals surface area contributed by atoms with Gasteiger partial charge in [-0.3, -0.25) is 9.59 Å². The molecular weight excluding hydrogens is 805 g/mol. The van der Waals surface area contributed by atoms with Crippen LogP contribution < -0.4 is 20.3 Å². The van der Waals surface area contributed by atoms with Crippen molar-refractivity contribution < 1.29 is 33.8 Å². The summed E-state index contributed by atoms with van der Waals surface area (Å²) in [6.07, 6.45) is 4.86. The van der Waals surface area contributed by atoms with Crippen LogP contribution in [0.2, 0.25) is 0 Å². The predicted molar refractivity (Wildman–Crippen MR) is 236 cm³/mol. The van der Waals surface area contributed by atoms with Gasteiger partial charge in [-0.2, -0.15) is 0 Å². The number of alkyl carbamates (subject to hydrolysis) is 1. The number of H-pyrrole nitrogens is 2. The first-order valence-electron chi connectivity index (χ1n) is 22.2. The third-order valence-corrected chi connectivity index (χ3v) is 12.8. The van der Waals surface area contributed by atoms with E-state index >= 15 is 0 Å². The Kier molecular flexibility index (Phi) is 12.5. The van der Waals surface area contributed by atoms with E-state index in [9.17, 15) is 24.3 Å². The van der Waals surface area contributed by atoms with Crippen LogP contribution in [0.4, 0.5) is 15.3 Å². The number of carbonyl (C=O) groups is 4. The van der Waals surface area contributed by atoms with Gasteiger partial charge in [-0.1, -0.05) is 39.8 Å². The molecule has 63 heavy (non-hydrogen) atoms. The molecule has 3 aromatic heterocycles. The number of imidazole rings is 2. The standard InChI is InChI=1S/C46H58N10O7/c1-7-63-38-19-14-29(24-47-38)56-34(27-12-15-30-32(22-27)50-41(48-30)36-10-8-20-54(36)43(57)39(25(2)3)52-45(59)60)17-18-35(56)28-13-16-31-33(23-28)51-42(49-31)37-11-9-21-55(37)44(58)40(26(4)5)53-46(61)62-6/h12-16,19,22-26,34-37,39-40,52H,7-11,17-18,20-21H2,1-6H3,(H,48,50)(H,49,51)(H,53,61)(H,59,60)/t34-,35-,36+,37+,39+,40+/m1/s1. The van der Waals surface area contributed by atoms with Crippen LogP contribution in [0.15, 0.2) is 54.7 Å². The van der Waals surface area contributed by atoms with Crippen molar-refractivity contribution in [2.45, 2.75) is 109 Å². The summed E-state index contributed by atoms with van der Waals surface area (Å²) in [5.74, 6) is 1.24. The molecule has 0 radical (unpaired) electrons. The second-order valence-electron chi connectivity index (χ2n) is 17.5. The summed E-state index contributed by atoms with van der Waals surface area (Å²) in [5, 5.41) is 14.6. The normalized spacial score (nSPS) is 21.1. The third-order valence-electron chi connectivity index (χ3n) is 12.8. The zero-order chi connectivity index (χ0) is 44.5. The summed E-state index contributed by atoms with van der Waals surface area (Å²) in [7, 11) is 1.29. The fraction of sp³-hybridized carbons (Fsp3) is 0.500. The lowest BCUT2D eigenvalue weighted by Gasteiger charge is -2.33. The molecule has 17 nitrogen and oxygen atoms in total. The molecule has 6 atom stereocenters. The highest BCUT2D eigenvalue weighted by Crippen LogP contribution is 2.48. The second-order valence-corrected chi connectivity index (χ2v) is 17.5. The Morgan fingerprint density at radius 3 is 1.71 bits per heavy atom. The van der Waals surface area contributed by atoms with E-state index in [2.05, 4.69) is 60.8 Å². The van der Waals surface area contributed by atoms with Gasteiger partial charge in [0.05, 0.1) is 71.8 Å². The SMILES string of the molecule is CCOc1ccc(N2[C@@H](c3ccc4nc([C@@H]5CCCN5C(=O)[C@@H](NC(=O)O)C(C)C)[nH]c4c3)CC[C@@H]2c2ccc3nc([C@@H]4CCCN4C(=O)[C@@H](NC(=O)OC)C(C)C)[nH]c3c2)cn1. The molecule has 2 aromatic carbocycles. The number of hydrogen-bond donors (Lipinski definition) is 5. The van der Waals surface area contributed by atoms with Crippen LogP contribution in [0, 0.1) is 11.8 Å². The Balaban J connectivity index is 1.08. The molecule has 334 valence electrons. The van der Waals surface area contributed by atoms with Crippen molar-refractivity contribution >= 4 is 51.8 Å². The molecule has 3 aliphatic heterocycles. The lowest BCUT2D eigenvalue weighted by molar-refractivity contribution is -0.136. The summed E-state index contributed by atoms with van der Waals surface area (Å²) < 4.78 is 10.5. The zero-order valence-corrected chi connectivity index (χ0v) is 36.8. The number of ether oxygens (including phenoxy) is 2. The zero-order valence-electron chi connectivity index (χ0n) is 36.8. The van der Waals surface area contributed by atoms with Gasteiger partial charge in [-0.15, -0.1) is 0 Å². The number of carbonyl (C=O) groups excluding carboxylic acids is 3. The van der Waals surface area contributed by atoms with Gasteiger partial charge in [-0.25, -0.2) is 24.5 Å². The van der Waals surface area contributed by atoms with Gasteiger partial charge in [0, 0.05) is 19.2 Å². The Hall–Kier alpha value is -6.39. The van der Waals surface area contributed by atoms with Gasteiger partial charge in [-0.05, 0) is 98.7 Å². The van der Waals surface area contributed by atoms with E-state index < -0.39 is 24.3 Å². The summed E-state index contributed by atoms with van der Waals surface area (Å²) in [4.78, 5) is 78.9. The van der Waals surface area contributed by atoms with E-state index in [1.807, 2.05) is 63.9 Å². The Bertz CT molecular complexity index is 2470. The van der Waals surface area contributed by atoms with Crippen molar-refractivity contribution in [3.63, 3.8) is 0 Å². The number of methoxy groups -OCH3 is 1. The van der Waals surface area contributed by atoms with Gasteiger partial charge < -0.3 is 49.9 Å². The smallest absolute Gasteiger partial charge is 0.407 e. The molecule has 6 heterocycles. The average Bonchev–Trinajstić information content (AvgIpc) is 4.12. The lowest BCUT2D eigenvalue weighted by Crippen LogP contribution is -2.51. The van der Waals surface area contributed by atoms with E-state index in [-0.39, 0.29) is 47.8 Å². The van der Waals surface area contributed by atoms with Gasteiger partial charge in [0.2, 0.25) is 17.7 Å². The Labute approximate surface area is 366 Å². The number of fused-ring (bicyclic) bond motifs is 2. The van der Waals surface area contributed by atoms with E-state index in [0.717, 1.165) is 83.2 Å². The van der Waals surface area contributed by atoms with Crippen LogP contribution in [-0.4, -0.2) is 103 Å². The molecule has 17 heteroatoms. The molecule has 4 amide bonds. The van der Waals surface area contributed by atoms with Crippen LogP contribution in [0.25, 0.3) is 22.1 Å². The molecule has 8 rings (SSSR count). The number of nitrogens with one attached hydrogen (secondary N) is 4. The Morgan fingerprint density at radius 2 is 1.27 bits per heavy atom. The van der Waals surface area contributed by atoms with Crippen LogP contribution >= 0.6 is 0 Å². The maximum atomic E-state index is 13.8. The highest BCUT2D eigenvalue weighted by Gasteiger charge is 2.40. The molecule has 0 bridgehead atoms. The quantitative estimate of drug-likeness (QED) is 0.0792. The number of amides is 4. The van der Waals surface area contributed by atoms with Crippen molar-refractivity contribution in [3.8, 4) is 5.88 Å². The number of benzene rings is 2. The predicted octanol–water partition coefficient (Wildman–Crippen LogP) is 7.32. The second kappa shape index (κ2) is 18.1. The molecule has 5 N–H and O–H groups in total. The minimum atomic E-state index is -1.22. The largest absolute Gasteiger partial charge is 0.478 e. The third kappa shape index (κ3) is 8.69. The van der Waals surface area contributed by atoms with Crippen LogP contribution in [-0.2, 0) is 14.3 Å². The molecule has 0 saturated carbocycles. The van der Waals surface area contributed by atoms with Crippen molar-refractivity contribution in [2.24, 2.45) is 11.8 Å². The molecule has 0 aliphatic carbocycles. The molecule has 3 saturated heterocycles. The number of pyridine rings is 1. The van der Waals surface area contributed by atoms with Crippen molar-refractivity contribution in [2.75, 3.05) is 31.7 Å². The van der Waals surface area contributed by atoms with Crippen LogP contribution in [0.3, 0.4) is 0 Å². The lowest BCUT2D eigenvalue weighted by atomic mass is 10.0.